The first-order valence-electron chi connectivity index (χ1n) is 9.41. The third-order valence-electron chi connectivity index (χ3n) is 5.68. The van der Waals surface area contributed by atoms with Crippen LogP contribution in [-0.4, -0.2) is 58.2 Å². The largest absolute Gasteiger partial charge is 0.373 e. The number of piperidine rings is 1. The lowest BCUT2D eigenvalue weighted by molar-refractivity contribution is -0.0159. The molecule has 2 aromatic rings. The van der Waals surface area contributed by atoms with Gasteiger partial charge < -0.3 is 9.64 Å². The maximum atomic E-state index is 6.33. The zero-order chi connectivity index (χ0) is 18.0. The number of nitrogens with zero attached hydrogens (tertiary/aromatic N) is 5. The zero-order valence-electron chi connectivity index (χ0n) is 15.6. The number of aromatic nitrogens is 3. The Morgan fingerprint density at radius 1 is 1.19 bits per heavy atom. The van der Waals surface area contributed by atoms with Crippen molar-refractivity contribution >= 4 is 5.95 Å². The fourth-order valence-electron chi connectivity index (χ4n) is 3.99. The molecule has 6 heteroatoms. The van der Waals surface area contributed by atoms with Gasteiger partial charge in [0.05, 0.1) is 17.9 Å². The summed E-state index contributed by atoms with van der Waals surface area (Å²) in [7, 11) is 2.18. The van der Waals surface area contributed by atoms with Crippen LogP contribution >= 0.6 is 0 Å². The van der Waals surface area contributed by atoms with Crippen LogP contribution in [0.1, 0.15) is 30.5 Å². The first-order valence-corrected chi connectivity index (χ1v) is 9.41. The predicted molar refractivity (Wildman–Crippen MR) is 101 cm³/mol. The molecule has 2 aliphatic rings. The number of anilines is 1. The second-order valence-electron chi connectivity index (χ2n) is 7.64. The smallest absolute Gasteiger partial charge is 0.225 e. The van der Waals surface area contributed by atoms with Crippen molar-refractivity contribution in [1.82, 2.24) is 19.9 Å². The molecule has 2 aromatic heterocycles. The third kappa shape index (κ3) is 3.71. The van der Waals surface area contributed by atoms with Crippen LogP contribution < -0.4 is 4.90 Å². The predicted octanol–water partition coefficient (Wildman–Crippen LogP) is 2.44. The number of ether oxygens (including phenoxy) is 1. The van der Waals surface area contributed by atoms with Crippen LogP contribution in [0.25, 0.3) is 0 Å². The molecular weight excluding hydrogens is 326 g/mol. The van der Waals surface area contributed by atoms with E-state index in [1.807, 2.05) is 37.6 Å². The molecule has 6 nitrogen and oxygen atoms in total. The van der Waals surface area contributed by atoms with Gasteiger partial charge in [-0.05, 0) is 50.9 Å². The second kappa shape index (κ2) is 7.29. The molecule has 4 heterocycles. The lowest BCUT2D eigenvalue weighted by Gasteiger charge is -2.39. The second-order valence-corrected chi connectivity index (χ2v) is 7.64. The number of likely N-dealkylation sites (N-methyl/N-ethyl adjacent to an activating group) is 1. The van der Waals surface area contributed by atoms with E-state index in [4.69, 9.17) is 4.74 Å². The number of pyridine rings is 1. The molecule has 0 aromatic carbocycles. The van der Waals surface area contributed by atoms with Crippen LogP contribution in [0.4, 0.5) is 5.95 Å². The summed E-state index contributed by atoms with van der Waals surface area (Å²) in [6, 6.07) is 6.55. The third-order valence-corrected chi connectivity index (χ3v) is 5.68. The van der Waals surface area contributed by atoms with Gasteiger partial charge in [-0.2, -0.15) is 0 Å². The first-order chi connectivity index (χ1) is 12.6. The summed E-state index contributed by atoms with van der Waals surface area (Å²) in [5, 5.41) is 0. The molecule has 0 amide bonds. The quantitative estimate of drug-likeness (QED) is 0.842. The van der Waals surface area contributed by atoms with Crippen molar-refractivity contribution in [3.8, 4) is 0 Å². The average molecular weight is 353 g/mol. The molecule has 138 valence electrons. The molecule has 26 heavy (non-hydrogen) atoms. The van der Waals surface area contributed by atoms with Gasteiger partial charge in [0.1, 0.15) is 0 Å². The van der Waals surface area contributed by atoms with Crippen molar-refractivity contribution < 1.29 is 4.74 Å². The molecule has 1 atom stereocenters. The van der Waals surface area contributed by atoms with Crippen LogP contribution in [0.5, 0.6) is 0 Å². The fraction of sp³-hybridized carbons (Fsp3) is 0.550. The van der Waals surface area contributed by atoms with E-state index in [2.05, 4.69) is 37.9 Å². The number of hydrogen-bond acceptors (Lipinski definition) is 6. The Balaban J connectivity index is 1.33. The van der Waals surface area contributed by atoms with Crippen molar-refractivity contribution in [1.29, 1.82) is 0 Å². The van der Waals surface area contributed by atoms with E-state index in [9.17, 15) is 0 Å². The van der Waals surface area contributed by atoms with Crippen LogP contribution in [0, 0.1) is 6.92 Å². The molecule has 2 aliphatic heterocycles. The van der Waals surface area contributed by atoms with E-state index < -0.39 is 0 Å². The van der Waals surface area contributed by atoms with E-state index in [0.717, 1.165) is 62.7 Å². The minimum absolute atomic E-state index is 0.0181. The maximum Gasteiger partial charge on any atom is 0.225 e. The highest BCUT2D eigenvalue weighted by molar-refractivity contribution is 5.31. The van der Waals surface area contributed by atoms with Gasteiger partial charge in [0, 0.05) is 44.3 Å². The summed E-state index contributed by atoms with van der Waals surface area (Å²) in [5.74, 6) is 0.840. The molecule has 1 spiro atoms. The highest BCUT2D eigenvalue weighted by Crippen LogP contribution is 2.38. The van der Waals surface area contributed by atoms with Crippen molar-refractivity contribution in [2.24, 2.45) is 0 Å². The molecule has 0 aliphatic carbocycles. The Morgan fingerprint density at radius 2 is 1.96 bits per heavy atom. The summed E-state index contributed by atoms with van der Waals surface area (Å²) >= 11 is 0. The molecule has 0 saturated carbocycles. The van der Waals surface area contributed by atoms with Gasteiger partial charge in [-0.25, -0.2) is 9.97 Å². The number of rotatable bonds is 4. The summed E-state index contributed by atoms with van der Waals surface area (Å²) < 4.78 is 6.33. The molecule has 2 fully saturated rings. The van der Waals surface area contributed by atoms with Crippen molar-refractivity contribution in [2.45, 2.75) is 44.4 Å². The normalized spacial score (nSPS) is 22.3. The lowest BCUT2D eigenvalue weighted by atomic mass is 9.87. The standard InChI is InChI=1S/C20H27N5O/c1-16-12-22-19(23-13-16)25-9-6-20(7-10-25)11-18(15-26-20)24(2)14-17-5-3-4-8-21-17/h3-5,8,12-13,18H,6-7,9-11,14-15H2,1-2H3. The molecular formula is C20H27N5O. The lowest BCUT2D eigenvalue weighted by Crippen LogP contribution is -2.45. The summed E-state index contributed by atoms with van der Waals surface area (Å²) in [5.41, 5.74) is 2.23. The van der Waals surface area contributed by atoms with Crippen LogP contribution in [0.2, 0.25) is 0 Å². The van der Waals surface area contributed by atoms with Crippen molar-refractivity contribution in [2.75, 3.05) is 31.6 Å². The molecule has 4 rings (SSSR count). The van der Waals surface area contributed by atoms with E-state index in [1.54, 1.807) is 0 Å². The maximum absolute atomic E-state index is 6.33. The Morgan fingerprint density at radius 3 is 2.65 bits per heavy atom. The van der Waals surface area contributed by atoms with Gasteiger partial charge in [-0.3, -0.25) is 9.88 Å². The van der Waals surface area contributed by atoms with Gasteiger partial charge in [0.2, 0.25) is 5.95 Å². The zero-order valence-corrected chi connectivity index (χ0v) is 15.6. The first kappa shape index (κ1) is 17.4. The number of aryl methyl sites for hydroxylation is 1. The van der Waals surface area contributed by atoms with Gasteiger partial charge in [-0.1, -0.05) is 6.07 Å². The highest BCUT2D eigenvalue weighted by Gasteiger charge is 2.44. The summed E-state index contributed by atoms with van der Waals surface area (Å²) in [6.07, 6.45) is 8.82. The fourth-order valence-corrected chi connectivity index (χ4v) is 3.99. The van der Waals surface area contributed by atoms with Crippen LogP contribution in [0.15, 0.2) is 36.8 Å². The van der Waals surface area contributed by atoms with Crippen molar-refractivity contribution in [3.05, 3.63) is 48.0 Å². The van der Waals surface area contributed by atoms with Gasteiger partial charge in [0.25, 0.3) is 0 Å². The Bertz CT molecular complexity index is 713. The Kier molecular flexibility index (Phi) is 4.87. The van der Waals surface area contributed by atoms with E-state index >= 15 is 0 Å². The van der Waals surface area contributed by atoms with E-state index in [-0.39, 0.29) is 5.60 Å². The number of hydrogen-bond donors (Lipinski definition) is 0. The summed E-state index contributed by atoms with van der Waals surface area (Å²) in [4.78, 5) is 18.0. The van der Waals surface area contributed by atoms with Gasteiger partial charge >= 0.3 is 0 Å². The molecule has 2 saturated heterocycles. The van der Waals surface area contributed by atoms with E-state index in [1.165, 1.54) is 0 Å². The molecule has 0 N–H and O–H groups in total. The van der Waals surface area contributed by atoms with Gasteiger partial charge in [-0.15, -0.1) is 0 Å². The summed E-state index contributed by atoms with van der Waals surface area (Å²) in [6.45, 7) is 5.61. The molecule has 0 radical (unpaired) electrons. The van der Waals surface area contributed by atoms with E-state index in [0.29, 0.717) is 6.04 Å². The minimum atomic E-state index is 0.0181. The molecule has 0 bridgehead atoms. The minimum Gasteiger partial charge on any atom is -0.373 e. The van der Waals surface area contributed by atoms with Crippen molar-refractivity contribution in [3.63, 3.8) is 0 Å². The topological polar surface area (TPSA) is 54.4 Å². The Hall–Kier alpha value is -2.05. The SMILES string of the molecule is Cc1cnc(N2CCC3(CC2)CC(N(C)Cc2ccccn2)CO3)nc1. The van der Waals surface area contributed by atoms with Gasteiger partial charge in [0.15, 0.2) is 0 Å². The highest BCUT2D eigenvalue weighted by atomic mass is 16.5. The Labute approximate surface area is 155 Å². The van der Waals surface area contributed by atoms with Crippen LogP contribution in [0.3, 0.4) is 0 Å². The van der Waals surface area contributed by atoms with Crippen LogP contribution in [-0.2, 0) is 11.3 Å². The average Bonchev–Trinajstić information content (AvgIpc) is 3.08. The molecule has 1 unspecified atom stereocenters. The monoisotopic (exact) mass is 353 g/mol.